The van der Waals surface area contributed by atoms with Crippen LogP contribution in [-0.4, -0.2) is 5.78 Å². The van der Waals surface area contributed by atoms with Crippen molar-refractivity contribution in [3.63, 3.8) is 0 Å². The van der Waals surface area contributed by atoms with Crippen molar-refractivity contribution >= 4 is 32.7 Å². The van der Waals surface area contributed by atoms with Gasteiger partial charge in [-0.25, -0.2) is 4.39 Å². The van der Waals surface area contributed by atoms with Gasteiger partial charge in [0.15, 0.2) is 17.2 Å². The van der Waals surface area contributed by atoms with Gasteiger partial charge in [0.05, 0.1) is 0 Å². The van der Waals surface area contributed by atoms with Crippen LogP contribution in [0.2, 0.25) is 0 Å². The molecule has 20 heavy (non-hydrogen) atoms. The molecule has 0 saturated heterocycles. The van der Waals surface area contributed by atoms with Crippen LogP contribution in [0.3, 0.4) is 0 Å². The summed E-state index contributed by atoms with van der Waals surface area (Å²) in [5.74, 6) is -0.584. The predicted octanol–water partition coefficient (Wildman–Crippen LogP) is 4.87. The number of carbonyl (C=O) groups is 1. The van der Waals surface area contributed by atoms with E-state index in [0.717, 1.165) is 10.0 Å². The number of halogens is 2. The lowest BCUT2D eigenvalue weighted by molar-refractivity contribution is 0.101. The highest BCUT2D eigenvalue weighted by Crippen LogP contribution is 2.25. The van der Waals surface area contributed by atoms with Gasteiger partial charge in [0.25, 0.3) is 0 Å². The quantitative estimate of drug-likeness (QED) is 0.626. The van der Waals surface area contributed by atoms with Gasteiger partial charge in [0.1, 0.15) is 0 Å². The molecule has 3 rings (SSSR count). The zero-order valence-corrected chi connectivity index (χ0v) is 12.2. The van der Waals surface area contributed by atoms with Crippen LogP contribution in [-0.2, 0) is 0 Å². The summed E-state index contributed by atoms with van der Waals surface area (Å²) in [5, 5.41) is 0.583. The summed E-state index contributed by atoms with van der Waals surface area (Å²) in [6, 6.07) is 11.6. The molecular weight excluding hydrogens is 323 g/mol. The average Bonchev–Trinajstić information content (AvgIpc) is 2.82. The van der Waals surface area contributed by atoms with Crippen molar-refractivity contribution in [3.05, 3.63) is 69.6 Å². The van der Waals surface area contributed by atoms with Crippen LogP contribution in [0.25, 0.3) is 11.0 Å². The highest BCUT2D eigenvalue weighted by molar-refractivity contribution is 9.10. The van der Waals surface area contributed by atoms with Crippen molar-refractivity contribution in [1.82, 2.24) is 0 Å². The molecule has 1 heterocycles. The lowest BCUT2D eigenvalue weighted by atomic mass is 10.1. The Morgan fingerprint density at radius 2 is 2.00 bits per heavy atom. The summed E-state index contributed by atoms with van der Waals surface area (Å²) in [6.07, 6.45) is 0. The van der Waals surface area contributed by atoms with E-state index in [9.17, 15) is 9.18 Å². The van der Waals surface area contributed by atoms with Crippen molar-refractivity contribution in [2.24, 2.45) is 0 Å². The summed E-state index contributed by atoms with van der Waals surface area (Å²) in [6.45, 7) is 1.90. The number of furan rings is 1. The first kappa shape index (κ1) is 13.1. The zero-order valence-electron chi connectivity index (χ0n) is 10.6. The van der Waals surface area contributed by atoms with Crippen LogP contribution in [0.1, 0.15) is 21.7 Å². The second kappa shape index (κ2) is 4.87. The molecule has 100 valence electrons. The lowest BCUT2D eigenvalue weighted by Crippen LogP contribution is -2.00. The number of benzene rings is 2. The van der Waals surface area contributed by atoms with Gasteiger partial charge in [-0.2, -0.15) is 0 Å². The molecule has 0 amide bonds. The van der Waals surface area contributed by atoms with E-state index in [2.05, 4.69) is 15.9 Å². The molecule has 1 aromatic heterocycles. The van der Waals surface area contributed by atoms with Gasteiger partial charge < -0.3 is 4.42 Å². The number of hydrogen-bond donors (Lipinski definition) is 0. The first-order chi connectivity index (χ1) is 9.54. The topological polar surface area (TPSA) is 30.2 Å². The van der Waals surface area contributed by atoms with Crippen molar-refractivity contribution in [1.29, 1.82) is 0 Å². The number of rotatable bonds is 2. The van der Waals surface area contributed by atoms with Crippen LogP contribution in [0.5, 0.6) is 0 Å². The molecule has 2 aromatic carbocycles. The third-order valence-corrected chi connectivity index (χ3v) is 3.48. The summed E-state index contributed by atoms with van der Waals surface area (Å²) >= 11 is 3.36. The maximum Gasteiger partial charge on any atom is 0.228 e. The van der Waals surface area contributed by atoms with Crippen LogP contribution in [0.4, 0.5) is 4.39 Å². The minimum Gasteiger partial charge on any atom is -0.449 e. The number of ketones is 1. The highest BCUT2D eigenvalue weighted by Gasteiger charge is 2.16. The molecule has 3 aromatic rings. The third kappa shape index (κ3) is 2.27. The SMILES string of the molecule is Cc1cc(Br)cc(C(=O)c2cc3cccc(F)c3o2)c1. The normalized spacial score (nSPS) is 10.9. The van der Waals surface area contributed by atoms with Crippen molar-refractivity contribution in [2.75, 3.05) is 0 Å². The van der Waals surface area contributed by atoms with Gasteiger partial charge in [0, 0.05) is 15.4 Å². The molecule has 0 atom stereocenters. The van der Waals surface area contributed by atoms with Crippen LogP contribution >= 0.6 is 15.9 Å². The third-order valence-electron chi connectivity index (χ3n) is 3.02. The number of aryl methyl sites for hydroxylation is 1. The Labute approximate surface area is 123 Å². The van der Waals surface area contributed by atoms with E-state index in [0.29, 0.717) is 10.9 Å². The van der Waals surface area contributed by atoms with Gasteiger partial charge in [0.2, 0.25) is 5.78 Å². The van der Waals surface area contributed by atoms with E-state index in [1.165, 1.54) is 6.07 Å². The van der Waals surface area contributed by atoms with E-state index in [1.54, 1.807) is 30.3 Å². The Morgan fingerprint density at radius 1 is 1.20 bits per heavy atom. The molecule has 0 radical (unpaired) electrons. The van der Waals surface area contributed by atoms with Crippen molar-refractivity contribution < 1.29 is 13.6 Å². The number of carbonyl (C=O) groups excluding carboxylic acids is 1. The Morgan fingerprint density at radius 3 is 2.70 bits per heavy atom. The Bertz CT molecular complexity index is 800. The molecule has 0 fully saturated rings. The van der Waals surface area contributed by atoms with E-state index in [1.807, 2.05) is 13.0 Å². The van der Waals surface area contributed by atoms with Gasteiger partial charge in [-0.05, 0) is 42.8 Å². The molecule has 0 aliphatic carbocycles. The average molecular weight is 333 g/mol. The fourth-order valence-electron chi connectivity index (χ4n) is 2.15. The molecule has 0 saturated carbocycles. The van der Waals surface area contributed by atoms with Gasteiger partial charge >= 0.3 is 0 Å². The molecule has 0 aliphatic heterocycles. The minimum absolute atomic E-state index is 0.113. The number of hydrogen-bond acceptors (Lipinski definition) is 2. The molecule has 0 N–H and O–H groups in total. The Hall–Kier alpha value is -1.94. The molecule has 0 bridgehead atoms. The van der Waals surface area contributed by atoms with E-state index in [-0.39, 0.29) is 17.1 Å². The predicted molar refractivity (Wildman–Crippen MR) is 78.5 cm³/mol. The van der Waals surface area contributed by atoms with Gasteiger partial charge in [-0.1, -0.05) is 28.1 Å². The fourth-order valence-corrected chi connectivity index (χ4v) is 2.76. The largest absolute Gasteiger partial charge is 0.449 e. The summed E-state index contributed by atoms with van der Waals surface area (Å²) < 4.78 is 19.8. The van der Waals surface area contributed by atoms with Crippen molar-refractivity contribution in [3.8, 4) is 0 Å². The maximum absolute atomic E-state index is 13.6. The summed E-state index contributed by atoms with van der Waals surface area (Å²) in [7, 11) is 0. The minimum atomic E-state index is -0.466. The Kier molecular flexibility index (Phi) is 3.18. The smallest absolute Gasteiger partial charge is 0.228 e. The van der Waals surface area contributed by atoms with E-state index >= 15 is 0 Å². The second-order valence-corrected chi connectivity index (χ2v) is 5.53. The van der Waals surface area contributed by atoms with Crippen LogP contribution in [0, 0.1) is 12.7 Å². The molecule has 4 heteroatoms. The second-order valence-electron chi connectivity index (χ2n) is 4.62. The molecule has 0 aliphatic rings. The molecule has 0 unspecified atom stereocenters. The fraction of sp³-hybridized carbons (Fsp3) is 0.0625. The Balaban J connectivity index is 2.10. The first-order valence-electron chi connectivity index (χ1n) is 6.04. The summed E-state index contributed by atoms with van der Waals surface area (Å²) in [5.41, 5.74) is 1.59. The highest BCUT2D eigenvalue weighted by atomic mass is 79.9. The monoisotopic (exact) mass is 332 g/mol. The summed E-state index contributed by atoms with van der Waals surface area (Å²) in [4.78, 5) is 12.4. The van der Waals surface area contributed by atoms with E-state index in [4.69, 9.17) is 4.42 Å². The first-order valence-corrected chi connectivity index (χ1v) is 6.84. The molecule has 0 spiro atoms. The van der Waals surface area contributed by atoms with Gasteiger partial charge in [-0.3, -0.25) is 4.79 Å². The number of fused-ring (bicyclic) bond motifs is 1. The van der Waals surface area contributed by atoms with Crippen molar-refractivity contribution in [2.45, 2.75) is 6.92 Å². The standard InChI is InChI=1S/C16H10BrFO2/c1-9-5-11(7-12(17)6-9)15(19)14-8-10-3-2-4-13(18)16(10)20-14/h2-8H,1H3. The molecule has 2 nitrogen and oxygen atoms in total. The van der Waals surface area contributed by atoms with Crippen LogP contribution < -0.4 is 0 Å². The zero-order chi connectivity index (χ0) is 14.3. The van der Waals surface area contributed by atoms with E-state index < -0.39 is 5.82 Å². The lowest BCUT2D eigenvalue weighted by Gasteiger charge is -2.01. The molecular formula is C16H10BrFO2. The maximum atomic E-state index is 13.6. The van der Waals surface area contributed by atoms with Gasteiger partial charge in [-0.15, -0.1) is 0 Å². The number of para-hydroxylation sites is 1. The van der Waals surface area contributed by atoms with Crippen LogP contribution in [0.15, 0.2) is 51.4 Å².